The summed E-state index contributed by atoms with van der Waals surface area (Å²) in [5, 5.41) is 0. The molecular weight excluding hydrogens is 114 g/mol. The second kappa shape index (κ2) is 2.07. The van der Waals surface area contributed by atoms with Crippen molar-refractivity contribution in [3.8, 4) is 0 Å². The Morgan fingerprint density at radius 2 is 2.71 bits per heavy atom. The molecule has 7 heavy (non-hydrogen) atoms. The molecule has 0 atom stereocenters. The van der Waals surface area contributed by atoms with Crippen LogP contribution in [0.4, 0.5) is 0 Å². The highest BCUT2D eigenvalue weighted by molar-refractivity contribution is 6.17. The molecule has 0 aliphatic carbocycles. The Balaban J connectivity index is 2.28. The highest BCUT2D eigenvalue weighted by Crippen LogP contribution is 1.99. The number of halogens is 1. The molecule has 0 aromatic heterocycles. The summed E-state index contributed by atoms with van der Waals surface area (Å²) in [6.07, 6.45) is 3.44. The van der Waals surface area contributed by atoms with E-state index in [9.17, 15) is 0 Å². The van der Waals surface area contributed by atoms with Crippen molar-refractivity contribution in [1.82, 2.24) is 4.90 Å². The van der Waals surface area contributed by atoms with Crippen molar-refractivity contribution in [2.75, 3.05) is 12.7 Å². The first kappa shape index (κ1) is 4.78. The van der Waals surface area contributed by atoms with Crippen LogP contribution < -0.4 is 0 Å². The van der Waals surface area contributed by atoms with Gasteiger partial charge in [0.05, 0.1) is 6.00 Å². The Labute approximate surface area is 47.3 Å². The summed E-state index contributed by atoms with van der Waals surface area (Å²) in [7, 11) is 0. The van der Waals surface area contributed by atoms with Gasteiger partial charge in [0.1, 0.15) is 6.26 Å². The molecule has 0 radical (unpaired) electrons. The lowest BCUT2D eigenvalue weighted by Gasteiger charge is -2.05. The summed E-state index contributed by atoms with van der Waals surface area (Å²) < 4.78 is 4.81. The van der Waals surface area contributed by atoms with Crippen molar-refractivity contribution in [2.45, 2.75) is 0 Å². The third-order valence-corrected chi connectivity index (χ3v) is 1.07. The van der Waals surface area contributed by atoms with Crippen LogP contribution in [0.25, 0.3) is 0 Å². The van der Waals surface area contributed by atoms with E-state index in [1.165, 1.54) is 0 Å². The number of ether oxygens (including phenoxy) is 1. The minimum Gasteiger partial charge on any atom is -0.479 e. The Morgan fingerprint density at radius 3 is 3.00 bits per heavy atom. The van der Waals surface area contributed by atoms with Crippen LogP contribution in [-0.2, 0) is 4.74 Å². The van der Waals surface area contributed by atoms with E-state index in [0.29, 0.717) is 12.7 Å². The molecule has 3 heteroatoms. The lowest BCUT2D eigenvalue weighted by molar-refractivity contribution is 0.186. The van der Waals surface area contributed by atoms with Gasteiger partial charge in [0, 0.05) is 6.20 Å². The molecule has 0 amide bonds. The van der Waals surface area contributed by atoms with E-state index < -0.39 is 0 Å². The quantitative estimate of drug-likeness (QED) is 0.376. The average molecular weight is 120 g/mol. The van der Waals surface area contributed by atoms with Gasteiger partial charge in [-0.05, 0) is 0 Å². The van der Waals surface area contributed by atoms with E-state index in [0.717, 1.165) is 0 Å². The van der Waals surface area contributed by atoms with Gasteiger partial charge >= 0.3 is 0 Å². The van der Waals surface area contributed by atoms with Crippen LogP contribution >= 0.6 is 11.6 Å². The number of hydrogen-bond donors (Lipinski definition) is 0. The molecule has 0 N–H and O–H groups in total. The van der Waals surface area contributed by atoms with Crippen molar-refractivity contribution in [3.63, 3.8) is 0 Å². The molecule has 1 aliphatic rings. The molecule has 1 rings (SSSR count). The lowest BCUT2D eigenvalue weighted by Crippen LogP contribution is -2.11. The zero-order chi connectivity index (χ0) is 5.11. The summed E-state index contributed by atoms with van der Waals surface area (Å²) >= 11 is 5.40. The van der Waals surface area contributed by atoms with Gasteiger partial charge in [-0.1, -0.05) is 0 Å². The molecule has 2 nitrogen and oxygen atoms in total. The normalized spacial score (nSPS) is 17.6. The Kier molecular flexibility index (Phi) is 1.42. The Hall–Kier alpha value is -0.370. The zero-order valence-electron chi connectivity index (χ0n) is 3.80. The topological polar surface area (TPSA) is 12.5 Å². The fourth-order valence-electron chi connectivity index (χ4n) is 0.385. The molecule has 0 bridgehead atoms. The number of hydrogen-bond acceptors (Lipinski definition) is 2. The first-order chi connectivity index (χ1) is 3.43. The highest BCUT2D eigenvalue weighted by atomic mass is 35.5. The molecule has 0 aromatic carbocycles. The van der Waals surface area contributed by atoms with Gasteiger partial charge in [-0.25, -0.2) is 0 Å². The third-order valence-electron chi connectivity index (χ3n) is 0.762. The summed E-state index contributed by atoms with van der Waals surface area (Å²) in [4.78, 5) is 1.85. The van der Waals surface area contributed by atoms with Crippen molar-refractivity contribution < 1.29 is 4.74 Å². The van der Waals surface area contributed by atoms with Crippen LogP contribution in [0.2, 0.25) is 0 Å². The van der Waals surface area contributed by atoms with Crippen LogP contribution in [0, 0.1) is 0 Å². The molecule has 0 aromatic rings. The summed E-state index contributed by atoms with van der Waals surface area (Å²) in [5.41, 5.74) is 0. The van der Waals surface area contributed by atoms with Gasteiger partial charge in [-0.3, -0.25) is 0 Å². The molecule has 0 fully saturated rings. The third kappa shape index (κ3) is 0.996. The van der Waals surface area contributed by atoms with Crippen LogP contribution in [0.5, 0.6) is 0 Å². The monoisotopic (exact) mass is 119 g/mol. The van der Waals surface area contributed by atoms with Crippen LogP contribution in [0.1, 0.15) is 0 Å². The van der Waals surface area contributed by atoms with Crippen molar-refractivity contribution >= 4 is 11.6 Å². The first-order valence-corrected chi connectivity index (χ1v) is 2.55. The van der Waals surface area contributed by atoms with Crippen molar-refractivity contribution in [3.05, 3.63) is 12.5 Å². The minimum atomic E-state index is 0.510. The molecule has 0 saturated carbocycles. The Bertz CT molecular complexity index is 83.8. The van der Waals surface area contributed by atoms with Gasteiger partial charge in [0.15, 0.2) is 6.73 Å². The van der Waals surface area contributed by atoms with E-state index in [2.05, 4.69) is 0 Å². The fraction of sp³-hybridized carbons (Fsp3) is 0.500. The average Bonchev–Trinajstić information content (AvgIpc) is 2.14. The summed E-state index contributed by atoms with van der Waals surface area (Å²) in [6, 6.07) is 0.510. The van der Waals surface area contributed by atoms with E-state index in [4.69, 9.17) is 16.3 Å². The van der Waals surface area contributed by atoms with Gasteiger partial charge in [0.25, 0.3) is 0 Å². The van der Waals surface area contributed by atoms with E-state index in [-0.39, 0.29) is 0 Å². The highest BCUT2D eigenvalue weighted by Gasteiger charge is 1.99. The molecular formula is C4H6ClNO. The van der Waals surface area contributed by atoms with Crippen molar-refractivity contribution in [2.24, 2.45) is 0 Å². The number of rotatable bonds is 1. The van der Waals surface area contributed by atoms with Gasteiger partial charge < -0.3 is 9.64 Å². The van der Waals surface area contributed by atoms with Gasteiger partial charge in [0.2, 0.25) is 0 Å². The molecule has 0 unspecified atom stereocenters. The lowest BCUT2D eigenvalue weighted by atomic mass is 10.9. The number of alkyl halides is 1. The second-order valence-corrected chi connectivity index (χ2v) is 1.53. The van der Waals surface area contributed by atoms with Crippen LogP contribution in [-0.4, -0.2) is 17.6 Å². The molecule has 40 valence electrons. The largest absolute Gasteiger partial charge is 0.479 e. The minimum absolute atomic E-state index is 0.510. The second-order valence-electron chi connectivity index (χ2n) is 1.29. The molecule has 1 heterocycles. The summed E-state index contributed by atoms with van der Waals surface area (Å²) in [6.45, 7) is 0.601. The van der Waals surface area contributed by atoms with E-state index >= 15 is 0 Å². The van der Waals surface area contributed by atoms with E-state index in [1.807, 2.05) is 11.1 Å². The van der Waals surface area contributed by atoms with Crippen molar-refractivity contribution in [1.29, 1.82) is 0 Å². The first-order valence-electron chi connectivity index (χ1n) is 2.02. The Morgan fingerprint density at radius 1 is 1.86 bits per heavy atom. The summed E-state index contributed by atoms with van der Waals surface area (Å²) in [5.74, 6) is 0. The van der Waals surface area contributed by atoms with Gasteiger partial charge in [-0.2, -0.15) is 0 Å². The molecule has 0 saturated heterocycles. The standard InChI is InChI=1S/C4H6ClNO/c5-3-6-1-2-7-4-6/h1-2H,3-4H2. The maximum atomic E-state index is 5.40. The number of nitrogens with zero attached hydrogens (tertiary/aromatic N) is 1. The SMILES string of the molecule is ClCN1C=COC1. The predicted molar refractivity (Wildman–Crippen MR) is 27.7 cm³/mol. The maximum absolute atomic E-state index is 5.40. The van der Waals surface area contributed by atoms with Crippen LogP contribution in [0.3, 0.4) is 0 Å². The smallest absolute Gasteiger partial charge is 0.161 e. The maximum Gasteiger partial charge on any atom is 0.161 e. The molecule has 1 aliphatic heterocycles. The van der Waals surface area contributed by atoms with E-state index in [1.54, 1.807) is 6.26 Å². The van der Waals surface area contributed by atoms with Gasteiger partial charge in [-0.15, -0.1) is 11.6 Å². The molecule has 0 spiro atoms. The van der Waals surface area contributed by atoms with Crippen LogP contribution in [0.15, 0.2) is 12.5 Å². The zero-order valence-corrected chi connectivity index (χ0v) is 4.56. The predicted octanol–water partition coefficient (Wildman–Crippen LogP) is 0.944. The fourth-order valence-corrected chi connectivity index (χ4v) is 0.534.